The number of furan rings is 2. The summed E-state index contributed by atoms with van der Waals surface area (Å²) in [6.07, 6.45) is 6.99. The molecule has 0 saturated heterocycles. The van der Waals surface area contributed by atoms with E-state index in [1.807, 2.05) is 81.6 Å². The molecular weight excluding hydrogens is 950 g/mol. The zero-order chi connectivity index (χ0) is 47.8. The fourth-order valence-electron chi connectivity index (χ4n) is 8.01. The van der Waals surface area contributed by atoms with Crippen LogP contribution in [0.25, 0.3) is 77.8 Å². The van der Waals surface area contributed by atoms with Crippen LogP contribution in [0.1, 0.15) is 79.5 Å². The average Bonchev–Trinajstić information content (AvgIpc) is 3.88. The molecule has 0 unspecified atom stereocenters. The standard InChI is InChI=1S/C28H22FN2O.C25H28NOSi.Ir/c29-21-11-9-19(10-12-21)25-14-13-23-22-7-4-8-24(27(22)32-28(23)31-25)26-17-20(15-16-30-26)18-5-2-1-3-6-18;1-25(2,3)15-17-14-21(26-16-23(17)28(4,5)6)20-12-9-11-19-18-10-7-8-13-22(18)27-24(19)20;/h4,7,9-18H,1-3,5-6H2;7-11,13-14,16H,15H2,1-6H3;/q2*-1;/i9D,10D,11D,12D,18D;15D2;. The third-order valence-electron chi connectivity index (χ3n) is 10.8. The van der Waals surface area contributed by atoms with Gasteiger partial charge in [0, 0.05) is 52.9 Å². The molecule has 0 spiro atoms. The Balaban J connectivity index is 0.000000185. The maximum absolute atomic E-state index is 14.0. The minimum atomic E-state index is -1.81. The molecule has 0 N–H and O–H groups in total. The molecule has 1 aliphatic rings. The molecular formula is C53H50FIrN3O2Si-2. The molecule has 5 aromatic heterocycles. The summed E-state index contributed by atoms with van der Waals surface area (Å²) in [4.78, 5) is 13.8. The number of fused-ring (bicyclic) bond motifs is 6. The number of halogens is 1. The zero-order valence-electron chi connectivity index (χ0n) is 42.1. The van der Waals surface area contributed by atoms with E-state index in [1.165, 1.54) is 0 Å². The van der Waals surface area contributed by atoms with E-state index in [9.17, 15) is 4.39 Å². The summed E-state index contributed by atoms with van der Waals surface area (Å²) in [7, 11) is -1.81. The van der Waals surface area contributed by atoms with Crippen LogP contribution in [0, 0.1) is 23.4 Å². The second-order valence-electron chi connectivity index (χ2n) is 17.5. The van der Waals surface area contributed by atoms with Crippen LogP contribution in [0.15, 0.2) is 124 Å². The Labute approximate surface area is 382 Å². The molecule has 1 radical (unpaired) electrons. The molecule has 9 aromatic rings. The Hall–Kier alpha value is -5.27. The van der Waals surface area contributed by atoms with Crippen molar-refractivity contribution >= 4 is 57.3 Å². The van der Waals surface area contributed by atoms with Crippen molar-refractivity contribution in [3.8, 4) is 33.8 Å². The van der Waals surface area contributed by atoms with Crippen molar-refractivity contribution in [2.45, 2.75) is 84.8 Å². The summed E-state index contributed by atoms with van der Waals surface area (Å²) in [6.45, 7) is 12.6. The van der Waals surface area contributed by atoms with Gasteiger partial charge >= 0.3 is 0 Å². The molecule has 0 atom stereocenters. The molecule has 5 heterocycles. The summed E-state index contributed by atoms with van der Waals surface area (Å²) in [5.41, 5.74) is 6.29. The smallest absolute Gasteiger partial charge is 0.216 e. The summed E-state index contributed by atoms with van der Waals surface area (Å²) >= 11 is 0. The minimum Gasteiger partial charge on any atom is -0.501 e. The van der Waals surface area contributed by atoms with Gasteiger partial charge in [-0.3, -0.25) is 0 Å². The first-order valence-electron chi connectivity index (χ1n) is 24.0. The van der Waals surface area contributed by atoms with Crippen molar-refractivity contribution in [3.63, 3.8) is 0 Å². The summed E-state index contributed by atoms with van der Waals surface area (Å²) < 4.78 is 85.3. The number of para-hydroxylation sites is 1. The Morgan fingerprint density at radius 3 is 2.16 bits per heavy atom. The van der Waals surface area contributed by atoms with Gasteiger partial charge in [-0.15, -0.1) is 36.4 Å². The molecule has 0 bridgehead atoms. The van der Waals surface area contributed by atoms with Gasteiger partial charge in [0.15, 0.2) is 0 Å². The number of rotatable bonds is 6. The molecule has 10 rings (SSSR count). The molecule has 5 nitrogen and oxygen atoms in total. The first kappa shape index (κ1) is 34.3. The van der Waals surface area contributed by atoms with Gasteiger partial charge in [-0.05, 0) is 95.5 Å². The van der Waals surface area contributed by atoms with Gasteiger partial charge < -0.3 is 18.8 Å². The van der Waals surface area contributed by atoms with E-state index in [1.54, 1.807) is 24.4 Å². The molecule has 1 aliphatic carbocycles. The van der Waals surface area contributed by atoms with E-state index in [0.717, 1.165) is 81.3 Å². The molecule has 0 aliphatic heterocycles. The monoisotopic (exact) mass is 1010 g/mol. The Morgan fingerprint density at radius 2 is 1.46 bits per heavy atom. The van der Waals surface area contributed by atoms with Gasteiger partial charge in [0.2, 0.25) is 5.71 Å². The van der Waals surface area contributed by atoms with E-state index in [-0.39, 0.29) is 37.1 Å². The molecule has 8 heteroatoms. The van der Waals surface area contributed by atoms with Crippen LogP contribution in [0.2, 0.25) is 19.6 Å². The first-order chi connectivity index (χ1) is 31.7. The predicted octanol–water partition coefficient (Wildman–Crippen LogP) is 14.3. The van der Waals surface area contributed by atoms with Crippen LogP contribution in [0.3, 0.4) is 0 Å². The summed E-state index contributed by atoms with van der Waals surface area (Å²) in [5, 5.41) is 4.63. The van der Waals surface area contributed by atoms with E-state index in [4.69, 9.17) is 23.4 Å². The fourth-order valence-corrected chi connectivity index (χ4v) is 9.40. The van der Waals surface area contributed by atoms with E-state index >= 15 is 0 Å². The van der Waals surface area contributed by atoms with E-state index in [0.29, 0.717) is 27.9 Å². The molecule has 1 saturated carbocycles. The fraction of sp³-hybridized carbons (Fsp3) is 0.264. The number of pyridine rings is 3. The molecule has 61 heavy (non-hydrogen) atoms. The van der Waals surface area contributed by atoms with Gasteiger partial charge in [-0.2, -0.15) is 0 Å². The Morgan fingerprint density at radius 1 is 0.787 bits per heavy atom. The van der Waals surface area contributed by atoms with Crippen LogP contribution >= 0.6 is 0 Å². The number of hydrogen-bond donors (Lipinski definition) is 0. The van der Waals surface area contributed by atoms with Crippen LogP contribution < -0.4 is 5.19 Å². The number of benzene rings is 4. The van der Waals surface area contributed by atoms with Crippen molar-refractivity contribution in [2.24, 2.45) is 5.41 Å². The Bertz CT molecular complexity index is 3360. The molecule has 311 valence electrons. The van der Waals surface area contributed by atoms with Crippen molar-refractivity contribution in [2.75, 3.05) is 0 Å². The third-order valence-corrected chi connectivity index (χ3v) is 12.9. The minimum absolute atomic E-state index is 0. The zero-order valence-corrected chi connectivity index (χ0v) is 38.5. The van der Waals surface area contributed by atoms with E-state index in [2.05, 4.69) is 47.8 Å². The summed E-state index contributed by atoms with van der Waals surface area (Å²) in [5.74, 6) is -1.82. The topological polar surface area (TPSA) is 65.0 Å². The molecule has 1 fully saturated rings. The normalized spacial score (nSPS) is 16.1. The van der Waals surface area contributed by atoms with Crippen molar-refractivity contribution < 1.29 is 42.9 Å². The van der Waals surface area contributed by atoms with Crippen LogP contribution in [0.5, 0.6) is 0 Å². The van der Waals surface area contributed by atoms with Crippen molar-refractivity contribution in [3.05, 3.63) is 145 Å². The maximum Gasteiger partial charge on any atom is 0.216 e. The van der Waals surface area contributed by atoms with E-state index < -0.39 is 55.7 Å². The van der Waals surface area contributed by atoms with Crippen LogP contribution in [-0.2, 0) is 26.5 Å². The third kappa shape index (κ3) is 8.90. The number of aromatic nitrogens is 3. The predicted molar refractivity (Wildman–Crippen MR) is 247 cm³/mol. The molecule has 4 aromatic carbocycles. The van der Waals surface area contributed by atoms with Crippen molar-refractivity contribution in [1.29, 1.82) is 0 Å². The molecule has 0 amide bonds. The maximum atomic E-state index is 14.0. The van der Waals surface area contributed by atoms with Crippen LogP contribution in [0.4, 0.5) is 4.39 Å². The number of hydrogen-bond acceptors (Lipinski definition) is 5. The van der Waals surface area contributed by atoms with Gasteiger partial charge in [-0.25, -0.2) is 9.37 Å². The van der Waals surface area contributed by atoms with Gasteiger partial charge in [-0.1, -0.05) is 123 Å². The number of nitrogens with zero attached hydrogens (tertiary/aromatic N) is 3. The first-order valence-corrected chi connectivity index (χ1v) is 24.0. The van der Waals surface area contributed by atoms with Gasteiger partial charge in [0.25, 0.3) is 0 Å². The van der Waals surface area contributed by atoms with Crippen LogP contribution in [-0.4, -0.2) is 23.0 Å². The van der Waals surface area contributed by atoms with Gasteiger partial charge in [0.1, 0.15) is 11.4 Å². The summed E-state index contributed by atoms with van der Waals surface area (Å²) in [6, 6.07) is 28.7. The second kappa shape index (κ2) is 17.2. The Kier molecular flexibility index (Phi) is 9.70. The SMILES string of the molecule is [2H]C([2H])(c1cc(-c2[c-]ccc3c2oc2ccccc23)ncc1[Si](C)(C)C)C(C)(C)C.[2H]c1c([2H])c(-c2ccc3c(n2)oc2c(-c4cc(C5([2H])CCCCC5)ccn4)[c-]ccc23)c([2H])c([2H])c1F.[Ir]. The van der Waals surface area contributed by atoms with Crippen molar-refractivity contribution in [1.82, 2.24) is 15.0 Å². The quantitative estimate of drug-likeness (QED) is 0.123. The largest absolute Gasteiger partial charge is 0.501 e. The van der Waals surface area contributed by atoms with Gasteiger partial charge in [0.05, 0.1) is 30.4 Å². The average molecular weight is 1010 g/mol. The second-order valence-corrected chi connectivity index (χ2v) is 22.5.